The molecule has 8 heteroatoms. The standard InChI is InChI=1S/C17H18N6OS/c25-17-21-20-16(15-7-4-8-24-15)23(17)19-10-14-9-18-22(12-14)11-13-5-2-1-3-6-13/h1-3,5-6,9-10,12,15H,4,7-8,11H2,(H,21,25)/b19-10-/t15-/m1/s1. The number of nitrogens with one attached hydrogen (secondary N) is 1. The Morgan fingerprint density at radius 3 is 3.04 bits per heavy atom. The zero-order valence-electron chi connectivity index (χ0n) is 13.6. The van der Waals surface area contributed by atoms with Crippen LogP contribution < -0.4 is 0 Å². The molecular weight excluding hydrogens is 336 g/mol. The Morgan fingerprint density at radius 2 is 2.24 bits per heavy atom. The molecular formula is C17H18N6OS. The van der Waals surface area contributed by atoms with Crippen LogP contribution in [0.2, 0.25) is 0 Å². The molecule has 1 saturated heterocycles. The van der Waals surface area contributed by atoms with Crippen molar-refractivity contribution in [2.75, 3.05) is 6.61 Å². The molecule has 0 aliphatic carbocycles. The Kier molecular flexibility index (Phi) is 4.53. The van der Waals surface area contributed by atoms with Gasteiger partial charge in [0.2, 0.25) is 4.77 Å². The zero-order chi connectivity index (χ0) is 17.1. The second-order valence-corrected chi connectivity index (χ2v) is 6.29. The van der Waals surface area contributed by atoms with E-state index in [-0.39, 0.29) is 6.10 Å². The van der Waals surface area contributed by atoms with Crippen molar-refractivity contribution in [3.05, 3.63) is 64.4 Å². The second kappa shape index (κ2) is 7.12. The van der Waals surface area contributed by atoms with Crippen molar-refractivity contribution in [2.45, 2.75) is 25.5 Å². The van der Waals surface area contributed by atoms with Crippen LogP contribution in [0.4, 0.5) is 0 Å². The lowest BCUT2D eigenvalue weighted by atomic mass is 10.2. The highest BCUT2D eigenvalue weighted by molar-refractivity contribution is 7.71. The molecule has 0 bridgehead atoms. The van der Waals surface area contributed by atoms with Crippen LogP contribution in [0, 0.1) is 4.77 Å². The van der Waals surface area contributed by atoms with Crippen molar-refractivity contribution in [2.24, 2.45) is 5.10 Å². The van der Waals surface area contributed by atoms with Gasteiger partial charge < -0.3 is 4.74 Å². The average molecular weight is 354 g/mol. The first-order valence-electron chi connectivity index (χ1n) is 8.19. The molecule has 1 atom stereocenters. The van der Waals surface area contributed by atoms with E-state index in [1.807, 2.05) is 29.1 Å². The lowest BCUT2D eigenvalue weighted by Crippen LogP contribution is -2.05. The van der Waals surface area contributed by atoms with E-state index in [4.69, 9.17) is 17.0 Å². The summed E-state index contributed by atoms with van der Waals surface area (Å²) >= 11 is 5.27. The summed E-state index contributed by atoms with van der Waals surface area (Å²) in [6.07, 6.45) is 7.38. The van der Waals surface area contributed by atoms with Gasteiger partial charge in [-0.05, 0) is 30.6 Å². The first-order chi connectivity index (χ1) is 12.3. The molecule has 0 saturated carbocycles. The normalized spacial score (nSPS) is 17.5. The smallest absolute Gasteiger partial charge is 0.216 e. The molecule has 1 aromatic carbocycles. The maximum absolute atomic E-state index is 5.68. The molecule has 0 amide bonds. The molecule has 2 aromatic heterocycles. The van der Waals surface area contributed by atoms with Crippen LogP contribution in [0.15, 0.2) is 47.8 Å². The predicted molar refractivity (Wildman–Crippen MR) is 96.1 cm³/mol. The molecule has 3 aromatic rings. The van der Waals surface area contributed by atoms with Gasteiger partial charge in [0.15, 0.2) is 5.82 Å². The number of rotatable bonds is 5. The number of H-pyrrole nitrogens is 1. The largest absolute Gasteiger partial charge is 0.370 e. The van der Waals surface area contributed by atoms with Crippen LogP contribution in [-0.4, -0.2) is 37.5 Å². The third-order valence-corrected chi connectivity index (χ3v) is 4.32. The number of nitrogens with zero attached hydrogens (tertiary/aromatic N) is 5. The topological polar surface area (TPSA) is 73.0 Å². The fourth-order valence-electron chi connectivity index (χ4n) is 2.83. The van der Waals surface area contributed by atoms with E-state index in [1.54, 1.807) is 17.1 Å². The Balaban J connectivity index is 1.51. The van der Waals surface area contributed by atoms with E-state index in [2.05, 4.69) is 32.5 Å². The van der Waals surface area contributed by atoms with Gasteiger partial charge in [-0.15, -0.1) is 0 Å². The molecule has 25 heavy (non-hydrogen) atoms. The first kappa shape index (κ1) is 15.9. The number of aromatic nitrogens is 5. The van der Waals surface area contributed by atoms with Crippen LogP contribution in [0.25, 0.3) is 0 Å². The summed E-state index contributed by atoms with van der Waals surface area (Å²) in [7, 11) is 0. The third kappa shape index (κ3) is 3.59. The van der Waals surface area contributed by atoms with Gasteiger partial charge in [-0.3, -0.25) is 9.78 Å². The van der Waals surface area contributed by atoms with Crippen molar-refractivity contribution >= 4 is 18.4 Å². The van der Waals surface area contributed by atoms with Gasteiger partial charge in [0, 0.05) is 18.4 Å². The number of hydrogen-bond donors (Lipinski definition) is 1. The fourth-order valence-corrected chi connectivity index (χ4v) is 3.02. The van der Waals surface area contributed by atoms with Gasteiger partial charge in [0.05, 0.1) is 19.0 Å². The van der Waals surface area contributed by atoms with Gasteiger partial charge in [0.1, 0.15) is 6.10 Å². The number of aromatic amines is 1. The summed E-state index contributed by atoms with van der Waals surface area (Å²) in [6, 6.07) is 10.2. The van der Waals surface area contributed by atoms with Crippen LogP contribution in [0.3, 0.4) is 0 Å². The number of benzene rings is 1. The minimum atomic E-state index is -0.0501. The maximum atomic E-state index is 5.68. The summed E-state index contributed by atoms with van der Waals surface area (Å²) in [4.78, 5) is 0. The Morgan fingerprint density at radius 1 is 1.36 bits per heavy atom. The van der Waals surface area contributed by atoms with Crippen molar-refractivity contribution in [3.8, 4) is 0 Å². The Bertz CT molecular complexity index is 920. The van der Waals surface area contributed by atoms with E-state index >= 15 is 0 Å². The van der Waals surface area contributed by atoms with Gasteiger partial charge in [0.25, 0.3) is 0 Å². The van der Waals surface area contributed by atoms with E-state index in [1.165, 1.54) is 5.56 Å². The zero-order valence-corrected chi connectivity index (χ0v) is 14.4. The lowest BCUT2D eigenvalue weighted by molar-refractivity contribution is 0.102. The Labute approximate surface area is 150 Å². The van der Waals surface area contributed by atoms with Crippen molar-refractivity contribution in [3.63, 3.8) is 0 Å². The molecule has 0 radical (unpaired) electrons. The first-order valence-corrected chi connectivity index (χ1v) is 8.60. The molecule has 1 aliphatic rings. The van der Waals surface area contributed by atoms with E-state index in [0.717, 1.165) is 37.4 Å². The van der Waals surface area contributed by atoms with Gasteiger partial charge in [-0.1, -0.05) is 30.3 Å². The molecule has 1 N–H and O–H groups in total. The second-order valence-electron chi connectivity index (χ2n) is 5.90. The monoisotopic (exact) mass is 354 g/mol. The molecule has 1 aliphatic heterocycles. The number of ether oxygens (including phenoxy) is 1. The van der Waals surface area contributed by atoms with Crippen LogP contribution >= 0.6 is 12.2 Å². The van der Waals surface area contributed by atoms with E-state index in [9.17, 15) is 0 Å². The average Bonchev–Trinajstić information content (AvgIpc) is 3.35. The molecule has 128 valence electrons. The lowest BCUT2D eigenvalue weighted by Gasteiger charge is -2.06. The maximum Gasteiger partial charge on any atom is 0.216 e. The van der Waals surface area contributed by atoms with Gasteiger partial charge >= 0.3 is 0 Å². The van der Waals surface area contributed by atoms with Gasteiger partial charge in [-0.2, -0.15) is 20.0 Å². The summed E-state index contributed by atoms with van der Waals surface area (Å²) in [5.74, 6) is 0.718. The van der Waals surface area contributed by atoms with Gasteiger partial charge in [-0.25, -0.2) is 0 Å². The SMILES string of the molecule is S=c1[nH]nc([C@H]2CCCO2)n1/N=C\c1cnn(Cc2ccccc2)c1. The summed E-state index contributed by atoms with van der Waals surface area (Å²) < 4.78 is 9.64. The van der Waals surface area contributed by atoms with Crippen molar-refractivity contribution < 1.29 is 4.74 Å². The summed E-state index contributed by atoms with van der Waals surface area (Å²) in [5, 5.41) is 15.9. The summed E-state index contributed by atoms with van der Waals surface area (Å²) in [5.41, 5.74) is 2.10. The highest BCUT2D eigenvalue weighted by Gasteiger charge is 2.23. The molecule has 7 nitrogen and oxygen atoms in total. The van der Waals surface area contributed by atoms with Crippen LogP contribution in [0.1, 0.15) is 35.9 Å². The number of hydrogen-bond acceptors (Lipinski definition) is 5. The van der Waals surface area contributed by atoms with Crippen molar-refractivity contribution in [1.82, 2.24) is 24.7 Å². The molecule has 4 rings (SSSR count). The predicted octanol–water partition coefficient (Wildman–Crippen LogP) is 2.92. The Hall–Kier alpha value is -2.58. The fraction of sp³-hybridized carbons (Fsp3) is 0.294. The van der Waals surface area contributed by atoms with Crippen molar-refractivity contribution in [1.29, 1.82) is 0 Å². The molecule has 0 spiro atoms. The molecule has 1 fully saturated rings. The van der Waals surface area contributed by atoms with E-state index in [0.29, 0.717) is 4.77 Å². The minimum Gasteiger partial charge on any atom is -0.370 e. The highest BCUT2D eigenvalue weighted by Crippen LogP contribution is 2.26. The quantitative estimate of drug-likeness (QED) is 0.565. The highest BCUT2D eigenvalue weighted by atomic mass is 32.1. The van der Waals surface area contributed by atoms with E-state index < -0.39 is 0 Å². The van der Waals surface area contributed by atoms with Crippen LogP contribution in [-0.2, 0) is 11.3 Å². The van der Waals surface area contributed by atoms with Crippen LogP contribution in [0.5, 0.6) is 0 Å². The third-order valence-electron chi connectivity index (χ3n) is 4.06. The molecule has 0 unspecified atom stereocenters. The summed E-state index contributed by atoms with van der Waals surface area (Å²) in [6.45, 7) is 1.47. The minimum absolute atomic E-state index is 0.0501. The molecule has 3 heterocycles.